The Balaban J connectivity index is 1.48. The van der Waals surface area contributed by atoms with Crippen LogP contribution in [0.25, 0.3) is 0 Å². The fraction of sp³-hybridized carbons (Fsp3) is 0.438. The molecule has 1 N–H and O–H groups in total. The molecule has 3 aromatic carbocycles. The lowest BCUT2D eigenvalue weighted by Crippen LogP contribution is -2.64. The zero-order valence-corrected chi connectivity index (χ0v) is 23.4. The van der Waals surface area contributed by atoms with E-state index in [-0.39, 0.29) is 0 Å². The largest absolute Gasteiger partial charge is 0.496 e. The number of rotatable bonds is 10. The third-order valence-electron chi connectivity index (χ3n) is 8.81. The molecule has 2 unspecified atom stereocenters. The van der Waals surface area contributed by atoms with E-state index in [1.165, 1.54) is 37.1 Å². The minimum absolute atomic E-state index is 0.302. The lowest BCUT2D eigenvalue weighted by molar-refractivity contribution is 0.00462. The number of ether oxygens (including phenoxy) is 1. The van der Waals surface area contributed by atoms with Crippen LogP contribution in [0.15, 0.2) is 78.9 Å². The quantitative estimate of drug-likeness (QED) is 0.330. The molecule has 0 amide bonds. The van der Waals surface area contributed by atoms with Gasteiger partial charge < -0.3 is 14.6 Å². The third-order valence-corrected chi connectivity index (χ3v) is 12.1. The molecule has 3 saturated heterocycles. The van der Waals surface area contributed by atoms with Gasteiger partial charge >= 0.3 is 0 Å². The van der Waals surface area contributed by atoms with Gasteiger partial charge in [0.15, 0.2) is 0 Å². The Kier molecular flexibility index (Phi) is 8.19. The van der Waals surface area contributed by atoms with Crippen molar-refractivity contribution >= 4 is 12.4 Å². The third kappa shape index (κ3) is 5.30. The predicted octanol–water partition coefficient (Wildman–Crippen LogP) is 6.11. The molecule has 0 radical (unpaired) electrons. The average molecular weight is 517 g/mol. The van der Waals surface area contributed by atoms with Crippen molar-refractivity contribution in [2.75, 3.05) is 32.5 Å². The fourth-order valence-corrected chi connectivity index (χ4v) is 8.58. The molecule has 3 aliphatic heterocycles. The Morgan fingerprint density at radius 1 is 0.919 bits per heavy atom. The number of hydrogen-bond acceptors (Lipinski definition) is 4. The van der Waals surface area contributed by atoms with Gasteiger partial charge in [0, 0.05) is 47.7 Å². The molecule has 2 atom stereocenters. The first-order valence-electron chi connectivity index (χ1n) is 13.9. The number of piperidine rings is 3. The number of nitrogens with one attached hydrogen (secondary N) is 1. The van der Waals surface area contributed by atoms with Crippen LogP contribution >= 0.6 is 7.14 Å². The second-order valence-corrected chi connectivity index (χ2v) is 14.1. The Morgan fingerprint density at radius 3 is 2.05 bits per heavy atom. The number of hydrogen-bond donors (Lipinski definition) is 1. The van der Waals surface area contributed by atoms with Gasteiger partial charge in [-0.15, -0.1) is 0 Å². The summed E-state index contributed by atoms with van der Waals surface area (Å²) in [6.07, 6.45) is 3.87. The highest BCUT2D eigenvalue weighted by Crippen LogP contribution is 2.45. The van der Waals surface area contributed by atoms with Crippen molar-refractivity contribution in [3.8, 4) is 5.75 Å². The van der Waals surface area contributed by atoms with Gasteiger partial charge in [0.25, 0.3) is 0 Å². The van der Waals surface area contributed by atoms with E-state index in [9.17, 15) is 4.57 Å². The first-order chi connectivity index (χ1) is 18.1. The van der Waals surface area contributed by atoms with E-state index in [0.717, 1.165) is 16.6 Å². The zero-order chi connectivity index (χ0) is 25.8. The van der Waals surface area contributed by atoms with Crippen molar-refractivity contribution in [3.63, 3.8) is 0 Å². The molecule has 0 spiro atoms. The summed E-state index contributed by atoms with van der Waals surface area (Å²) in [5, 5.41) is 5.00. The lowest BCUT2D eigenvalue weighted by atomic mass is 9.70. The summed E-state index contributed by atoms with van der Waals surface area (Å²) in [4.78, 5) is 2.72. The van der Waals surface area contributed by atoms with Gasteiger partial charge in [-0.2, -0.15) is 0 Å². The molecule has 196 valence electrons. The van der Waals surface area contributed by atoms with Gasteiger partial charge in [-0.25, -0.2) is 0 Å². The number of benzene rings is 3. The van der Waals surface area contributed by atoms with Crippen LogP contribution in [0, 0.1) is 5.92 Å². The predicted molar refractivity (Wildman–Crippen MR) is 155 cm³/mol. The molecule has 3 fully saturated rings. The maximum Gasteiger partial charge on any atom is 0.123 e. The van der Waals surface area contributed by atoms with Crippen molar-refractivity contribution < 1.29 is 9.30 Å². The molecule has 3 aromatic rings. The highest BCUT2D eigenvalue weighted by Gasteiger charge is 2.46. The summed E-state index contributed by atoms with van der Waals surface area (Å²) < 4.78 is 19.3. The second kappa shape index (κ2) is 11.6. The zero-order valence-electron chi connectivity index (χ0n) is 22.5. The minimum Gasteiger partial charge on any atom is -0.496 e. The summed E-state index contributed by atoms with van der Waals surface area (Å²) in [6, 6.07) is 28.9. The summed E-state index contributed by atoms with van der Waals surface area (Å²) in [6.45, 7) is 7.12. The van der Waals surface area contributed by atoms with Crippen LogP contribution in [-0.2, 0) is 11.1 Å². The number of fused-ring (bicyclic) bond motifs is 3. The Labute approximate surface area is 222 Å². The fourth-order valence-electron chi connectivity index (χ4n) is 6.67. The summed E-state index contributed by atoms with van der Waals surface area (Å²) in [7, 11) is -0.625. The van der Waals surface area contributed by atoms with Crippen molar-refractivity contribution in [2.24, 2.45) is 5.92 Å². The molecule has 4 nitrogen and oxygen atoms in total. The smallest absolute Gasteiger partial charge is 0.123 e. The van der Waals surface area contributed by atoms with Crippen LogP contribution in [-0.4, -0.2) is 49.5 Å². The van der Waals surface area contributed by atoms with Gasteiger partial charge in [0.2, 0.25) is 0 Å². The SMILES string of the molecule is CCP(=O)(CC)c1ccc(OC)c(CNC2C3CCN(CC3)C2C(c2ccccc2)c2ccccc2)c1. The van der Waals surface area contributed by atoms with E-state index in [1.807, 2.05) is 26.0 Å². The van der Waals surface area contributed by atoms with E-state index >= 15 is 0 Å². The number of nitrogens with zero attached hydrogens (tertiary/aromatic N) is 1. The number of methoxy groups -OCH3 is 1. The molecule has 0 aromatic heterocycles. The Morgan fingerprint density at radius 2 is 1.51 bits per heavy atom. The summed E-state index contributed by atoms with van der Waals surface area (Å²) >= 11 is 0. The Hall–Kier alpha value is -2.39. The first kappa shape index (κ1) is 26.2. The molecular weight excluding hydrogens is 475 g/mol. The van der Waals surface area contributed by atoms with Crippen molar-refractivity contribution in [2.45, 2.75) is 51.2 Å². The van der Waals surface area contributed by atoms with Gasteiger partial charge in [0.05, 0.1) is 7.11 Å². The first-order valence-corrected chi connectivity index (χ1v) is 16.0. The minimum atomic E-state index is -2.36. The second-order valence-electron chi connectivity index (χ2n) is 10.6. The van der Waals surface area contributed by atoms with E-state index < -0.39 is 7.14 Å². The van der Waals surface area contributed by atoms with Crippen LogP contribution in [0.2, 0.25) is 0 Å². The van der Waals surface area contributed by atoms with E-state index in [0.29, 0.717) is 42.8 Å². The molecule has 0 aliphatic carbocycles. The molecular formula is C32H41N2O2P. The van der Waals surface area contributed by atoms with Gasteiger partial charge in [-0.05, 0) is 61.2 Å². The maximum absolute atomic E-state index is 13.5. The lowest BCUT2D eigenvalue weighted by Gasteiger charge is -2.54. The summed E-state index contributed by atoms with van der Waals surface area (Å²) in [5.41, 5.74) is 3.86. The van der Waals surface area contributed by atoms with Gasteiger partial charge in [0.1, 0.15) is 12.9 Å². The maximum atomic E-state index is 13.5. The van der Waals surface area contributed by atoms with Crippen molar-refractivity contribution in [3.05, 3.63) is 95.6 Å². The topological polar surface area (TPSA) is 41.6 Å². The van der Waals surface area contributed by atoms with E-state index in [1.54, 1.807) is 7.11 Å². The molecule has 3 aliphatic rings. The molecule has 2 bridgehead atoms. The summed E-state index contributed by atoms with van der Waals surface area (Å²) in [5.74, 6) is 1.82. The normalized spacial score (nSPS) is 23.4. The molecule has 5 heteroatoms. The van der Waals surface area contributed by atoms with Crippen molar-refractivity contribution in [1.29, 1.82) is 0 Å². The van der Waals surface area contributed by atoms with Crippen LogP contribution in [0.1, 0.15) is 49.3 Å². The molecule has 3 heterocycles. The monoisotopic (exact) mass is 516 g/mol. The van der Waals surface area contributed by atoms with E-state index in [4.69, 9.17) is 4.74 Å². The highest BCUT2D eigenvalue weighted by molar-refractivity contribution is 7.71. The molecule has 37 heavy (non-hydrogen) atoms. The Bertz CT molecular complexity index is 1160. The standard InChI is InChI=1S/C32H41N2O2P/c1-4-37(35,5-2)28-16-17-29(36-3)27(22-28)23-33-31-26-18-20-34(21-19-26)32(31)30(24-12-8-6-9-13-24)25-14-10-7-11-15-25/h6-17,22,26,30-33H,4-5,18-21,23H2,1-3H3. The highest BCUT2D eigenvalue weighted by atomic mass is 31.2. The van der Waals surface area contributed by atoms with Crippen LogP contribution in [0.3, 0.4) is 0 Å². The van der Waals surface area contributed by atoms with E-state index in [2.05, 4.69) is 76.9 Å². The molecule has 0 saturated carbocycles. The van der Waals surface area contributed by atoms with Gasteiger partial charge in [-0.3, -0.25) is 4.90 Å². The van der Waals surface area contributed by atoms with Crippen LogP contribution < -0.4 is 15.4 Å². The van der Waals surface area contributed by atoms with Crippen LogP contribution in [0.4, 0.5) is 0 Å². The average Bonchev–Trinajstić information content (AvgIpc) is 2.97. The van der Waals surface area contributed by atoms with Gasteiger partial charge in [-0.1, -0.05) is 74.5 Å². The van der Waals surface area contributed by atoms with Crippen LogP contribution in [0.5, 0.6) is 5.75 Å². The van der Waals surface area contributed by atoms with Crippen molar-refractivity contribution in [1.82, 2.24) is 10.2 Å². The molecule has 6 rings (SSSR count).